The Morgan fingerprint density at radius 2 is 0.370 bits per heavy atom. The van der Waals surface area contributed by atoms with Crippen LogP contribution in [0.2, 0.25) is 0 Å². The van der Waals surface area contributed by atoms with Gasteiger partial charge in [-0.25, -0.2) is 9.97 Å². The van der Waals surface area contributed by atoms with Crippen molar-refractivity contribution >= 4 is 142 Å². The number of para-hydroxylation sites is 12. The number of aliphatic imine (C=N–C) groups is 2. The molecule has 0 saturated heterocycles. The van der Waals surface area contributed by atoms with Crippen LogP contribution >= 0.6 is 0 Å². The van der Waals surface area contributed by atoms with Crippen LogP contribution in [-0.4, -0.2) is 58.8 Å². The minimum Gasteiger partial charge on any atom is -0.370 e. The topological polar surface area (TPSA) is 115 Å². The first-order valence-corrected chi connectivity index (χ1v) is 46.2. The van der Waals surface area contributed by atoms with Gasteiger partial charge in [-0.2, -0.15) is 0 Å². The summed E-state index contributed by atoms with van der Waals surface area (Å²) >= 11 is 0. The summed E-state index contributed by atoms with van der Waals surface area (Å²) in [4.78, 5) is 36.0. The number of rotatable bonds is 12. The molecule has 26 aromatic rings. The van der Waals surface area contributed by atoms with E-state index in [9.17, 15) is 0 Å². The third kappa shape index (κ3) is 13.9. The molecule has 14 nitrogen and oxygen atoms in total. The van der Waals surface area contributed by atoms with E-state index in [4.69, 9.17) is 43.1 Å². The van der Waals surface area contributed by atoms with Crippen molar-refractivity contribution < 1.29 is 0 Å². The molecule has 0 saturated carbocycles. The molecule has 27 rings (SSSR count). The molecule has 0 spiro atoms. The maximum atomic E-state index is 7.88. The maximum Gasteiger partial charge on any atom is 0.293 e. The average molecular weight is 1770 g/mol. The van der Waals surface area contributed by atoms with Gasteiger partial charge in [0.05, 0.1) is 95.9 Å². The lowest BCUT2D eigenvalue weighted by molar-refractivity contribution is 1.05. The van der Waals surface area contributed by atoms with Gasteiger partial charge in [-0.1, -0.05) is 268 Å². The number of benzene rings is 18. The predicted molar refractivity (Wildman–Crippen MR) is 567 cm³/mol. The molecular formula is C124H80N14. The Balaban J connectivity index is 0.000000110. The summed E-state index contributed by atoms with van der Waals surface area (Å²) in [6.45, 7) is 17.8. The van der Waals surface area contributed by atoms with Crippen molar-refractivity contribution in [3.05, 3.63) is 507 Å². The van der Waals surface area contributed by atoms with Crippen molar-refractivity contribution in [3.63, 3.8) is 0 Å². The molecule has 1 aliphatic heterocycles. The number of hydrogen-bond acceptors (Lipinski definition) is 6. The zero-order chi connectivity index (χ0) is 91.8. The second kappa shape index (κ2) is 34.0. The molecule has 0 N–H and O–H groups in total. The highest BCUT2D eigenvalue weighted by atomic mass is 15.1. The van der Waals surface area contributed by atoms with Gasteiger partial charge >= 0.3 is 0 Å². The zero-order valence-electron chi connectivity index (χ0n) is 74.7. The van der Waals surface area contributed by atoms with E-state index >= 15 is 0 Å². The Hall–Kier alpha value is -19.0. The molecule has 8 aromatic heterocycles. The first kappa shape index (κ1) is 81.0. The molecule has 0 unspecified atom stereocenters. The molecule has 138 heavy (non-hydrogen) atoms. The number of fused-ring (bicyclic) bond motifs is 18. The van der Waals surface area contributed by atoms with Gasteiger partial charge < -0.3 is 37.1 Å². The molecule has 18 aromatic carbocycles. The lowest BCUT2D eigenvalue weighted by Crippen LogP contribution is -2.22. The summed E-state index contributed by atoms with van der Waals surface area (Å²) in [6, 6.07) is 153. The van der Waals surface area contributed by atoms with Gasteiger partial charge in [0.25, 0.3) is 11.6 Å². The van der Waals surface area contributed by atoms with Gasteiger partial charge in [-0.3, -0.25) is 9.97 Å². The summed E-state index contributed by atoms with van der Waals surface area (Å²) in [6.07, 6.45) is 7.56. The van der Waals surface area contributed by atoms with Gasteiger partial charge in [0.15, 0.2) is 5.82 Å². The van der Waals surface area contributed by atoms with Gasteiger partial charge in [0, 0.05) is 145 Å². The van der Waals surface area contributed by atoms with E-state index in [1.165, 1.54) is 109 Å². The first-order valence-electron chi connectivity index (χ1n) is 46.2. The zero-order valence-corrected chi connectivity index (χ0v) is 74.7. The molecule has 0 atom stereocenters. The summed E-state index contributed by atoms with van der Waals surface area (Å²) in [5.74, 6) is 0.434. The number of nitrogens with zero attached hydrogens (tertiary/aromatic N) is 14. The Bertz CT molecular complexity index is 8280. The van der Waals surface area contributed by atoms with Crippen molar-refractivity contribution in [2.75, 3.05) is 0 Å². The van der Waals surface area contributed by atoms with E-state index in [-0.39, 0.29) is 17.6 Å². The Morgan fingerprint density at radius 3 is 0.565 bits per heavy atom. The van der Waals surface area contributed by atoms with Crippen LogP contribution in [-0.2, 0) is 0 Å². The first-order chi connectivity index (χ1) is 68.3. The predicted octanol–water partition coefficient (Wildman–Crippen LogP) is 30.8. The number of aromatic nitrogens is 10. The third-order valence-electron chi connectivity index (χ3n) is 27.0. The van der Waals surface area contributed by atoms with Crippen LogP contribution in [0.25, 0.3) is 220 Å². The van der Waals surface area contributed by atoms with Gasteiger partial charge in [0.2, 0.25) is 0 Å². The second-order valence-corrected chi connectivity index (χ2v) is 34.7. The molecule has 0 fully saturated rings. The largest absolute Gasteiger partial charge is 0.370 e. The van der Waals surface area contributed by atoms with Crippen LogP contribution in [0.15, 0.2) is 483 Å². The minimum absolute atomic E-state index is 0.00484. The molecule has 9 heterocycles. The van der Waals surface area contributed by atoms with Crippen LogP contribution in [0.5, 0.6) is 0 Å². The van der Waals surface area contributed by atoms with Gasteiger partial charge in [-0.15, -0.1) is 9.98 Å². The summed E-state index contributed by atoms with van der Waals surface area (Å²) in [5.41, 5.74) is 30.8. The summed E-state index contributed by atoms with van der Waals surface area (Å²) in [5, 5.41) is 14.9. The van der Waals surface area contributed by atoms with Crippen molar-refractivity contribution in [1.29, 1.82) is 0 Å². The lowest BCUT2D eigenvalue weighted by atomic mass is 9.89. The Kier molecular flexibility index (Phi) is 19.9. The molecule has 0 amide bonds. The normalized spacial score (nSPS) is 12.4. The van der Waals surface area contributed by atoms with Crippen molar-refractivity contribution in [2.45, 2.75) is 6.92 Å². The van der Waals surface area contributed by atoms with Crippen LogP contribution < -0.4 is 0 Å². The summed E-state index contributed by atoms with van der Waals surface area (Å²) < 4.78 is 13.9. The van der Waals surface area contributed by atoms with Crippen LogP contribution in [0, 0.1) is 19.1 Å². The second-order valence-electron chi connectivity index (χ2n) is 34.7. The monoisotopic (exact) mass is 1760 g/mol. The lowest BCUT2D eigenvalue weighted by Gasteiger charge is -2.14. The van der Waals surface area contributed by atoms with Crippen molar-refractivity contribution in [2.24, 2.45) is 15.9 Å². The highest BCUT2D eigenvalue weighted by Crippen LogP contribution is 2.42. The highest BCUT2D eigenvalue weighted by molar-refractivity contribution is 6.22. The number of hydrogen-bond donors (Lipinski definition) is 0. The van der Waals surface area contributed by atoms with Crippen molar-refractivity contribution in [3.8, 4) is 79.2 Å². The Labute approximate surface area is 793 Å². The third-order valence-corrected chi connectivity index (χ3v) is 27.0. The molecule has 0 radical (unpaired) electrons. The van der Waals surface area contributed by atoms with Crippen LogP contribution in [0.4, 0.5) is 0 Å². The van der Waals surface area contributed by atoms with Crippen LogP contribution in [0.3, 0.4) is 0 Å². The average Bonchev–Trinajstić information content (AvgIpc) is 1.62. The Morgan fingerprint density at radius 1 is 0.188 bits per heavy atom. The molecular weight excluding hydrogens is 1690 g/mol. The minimum atomic E-state index is -0.288. The fraction of sp³-hybridized carbons (Fsp3) is 0.0161. The standard InChI is InChI=1S/C44H28N6.2C40H26N4/c1-28-41(29-20-24-31(25-21-29)49-37-16-8-4-12-33(37)34-13-5-9-17-38(34)49)47-43(45-2)44(46-3)48-42(28)30-22-26-32(27-23-30)50-39-18-10-6-14-35(39)36-15-7-11-19-40(36)50;1-5-13-36-32(9-1)33-10-2-6-14-37(33)43(36)30-21-17-27(18-22-30)29-25-41-40(42-26-29)28-19-23-31(24-20-28)44-38-15-7-3-11-34(38)35-12-4-8-16-39(35)44;1-5-13-37-31(9-1)32-10-2-6-14-38(32)43(37)29-21-17-27(18-22-29)35-25-42-36(26-41-35)28-19-23-30(24-20-28)44-39-15-7-3-11-33(39)34-12-4-8-16-40(34)44/h4-28H,1H3;2*1-26H. The summed E-state index contributed by atoms with van der Waals surface area (Å²) in [7, 11) is 0. The molecule has 646 valence electrons. The SMILES string of the molecule is [C-]#[N+]C1=C([N+]#[C-])N=C(c2ccc(-n3c4ccccc4c4ccccc43)cc2)C(C)C(c2ccc(-n3c4ccccc4c4ccccc43)cc2)=N1.c1ccc2c(c1)c1ccccc1n2-c1ccc(-c2cnc(-c3ccc(-n4c5ccccc5c5ccccc54)cc3)cn2)cc1.c1ccc2c(c1)c1ccccc1n2-c1ccc(-c2cnc(-c3ccc(-n4c5ccccc5c5ccccc54)cc3)nc2)cc1. The van der Waals surface area contributed by atoms with E-state index < -0.39 is 0 Å². The van der Waals surface area contributed by atoms with Crippen molar-refractivity contribution in [1.82, 2.24) is 47.3 Å². The van der Waals surface area contributed by atoms with Crippen LogP contribution in [0.1, 0.15) is 18.1 Å². The quantitative estimate of drug-likeness (QED) is 0.113. The van der Waals surface area contributed by atoms with E-state index in [1.807, 2.05) is 31.7 Å². The molecule has 1 aliphatic rings. The van der Waals surface area contributed by atoms with E-state index in [0.717, 1.165) is 107 Å². The smallest absolute Gasteiger partial charge is 0.293 e. The molecule has 0 aliphatic carbocycles. The molecule has 0 bridgehead atoms. The molecule has 14 heteroatoms. The van der Waals surface area contributed by atoms with E-state index in [0.29, 0.717) is 17.2 Å². The highest BCUT2D eigenvalue weighted by Gasteiger charge is 2.32. The fourth-order valence-electron chi connectivity index (χ4n) is 20.6. The van der Waals surface area contributed by atoms with Gasteiger partial charge in [-0.05, 0) is 194 Å². The van der Waals surface area contributed by atoms with E-state index in [1.54, 1.807) is 0 Å². The fourth-order valence-corrected chi connectivity index (χ4v) is 20.6. The maximum absolute atomic E-state index is 7.88. The van der Waals surface area contributed by atoms with E-state index in [2.05, 4.69) is 474 Å². The van der Waals surface area contributed by atoms with Gasteiger partial charge in [0.1, 0.15) is 11.4 Å².